The SMILES string of the molecule is COc1cccc(CCN2CCN(C(=O)c3c(C)n(CCCCl)c4ccc(OC)cc34)CC2)c1. The third kappa shape index (κ3) is 5.18. The molecule has 1 aliphatic rings. The number of piperazine rings is 1. The Kier molecular flexibility index (Phi) is 8.01. The summed E-state index contributed by atoms with van der Waals surface area (Å²) in [7, 11) is 3.35. The molecular formula is C27H34ClN3O3. The van der Waals surface area contributed by atoms with E-state index in [1.807, 2.05) is 42.2 Å². The molecule has 182 valence electrons. The van der Waals surface area contributed by atoms with Crippen LogP contribution in [0.3, 0.4) is 0 Å². The van der Waals surface area contributed by atoms with E-state index in [1.165, 1.54) is 5.56 Å². The van der Waals surface area contributed by atoms with E-state index in [2.05, 4.69) is 21.6 Å². The molecule has 3 aromatic rings. The summed E-state index contributed by atoms with van der Waals surface area (Å²) < 4.78 is 13.0. The maximum Gasteiger partial charge on any atom is 0.256 e. The van der Waals surface area contributed by atoms with Crippen molar-refractivity contribution in [2.75, 3.05) is 52.8 Å². The minimum atomic E-state index is 0.104. The van der Waals surface area contributed by atoms with Gasteiger partial charge in [0.1, 0.15) is 11.5 Å². The predicted octanol–water partition coefficient (Wildman–Crippen LogP) is 4.60. The average Bonchev–Trinajstić information content (AvgIpc) is 3.16. The molecule has 34 heavy (non-hydrogen) atoms. The molecule has 0 aliphatic carbocycles. The second-order valence-corrected chi connectivity index (χ2v) is 9.15. The van der Waals surface area contributed by atoms with Crippen LogP contribution in [0.15, 0.2) is 42.5 Å². The van der Waals surface area contributed by atoms with Crippen molar-refractivity contribution in [1.82, 2.24) is 14.4 Å². The van der Waals surface area contributed by atoms with Crippen molar-refractivity contribution in [2.45, 2.75) is 26.3 Å². The topological polar surface area (TPSA) is 46.9 Å². The quantitative estimate of drug-likeness (QED) is 0.417. The number of nitrogens with zero attached hydrogens (tertiary/aromatic N) is 3. The van der Waals surface area contributed by atoms with Gasteiger partial charge in [0, 0.05) is 61.7 Å². The van der Waals surface area contributed by atoms with Crippen LogP contribution in [0.1, 0.15) is 28.0 Å². The highest BCUT2D eigenvalue weighted by Gasteiger charge is 2.27. The van der Waals surface area contributed by atoms with Gasteiger partial charge in [-0.15, -0.1) is 11.6 Å². The lowest BCUT2D eigenvalue weighted by Gasteiger charge is -2.35. The summed E-state index contributed by atoms with van der Waals surface area (Å²) in [6.45, 7) is 7.03. The van der Waals surface area contributed by atoms with Gasteiger partial charge in [0.05, 0.1) is 19.8 Å². The summed E-state index contributed by atoms with van der Waals surface area (Å²) in [5, 5.41) is 0.955. The summed E-state index contributed by atoms with van der Waals surface area (Å²) in [5.74, 6) is 2.35. The summed E-state index contributed by atoms with van der Waals surface area (Å²) >= 11 is 5.97. The third-order valence-corrected chi connectivity index (χ3v) is 7.04. The summed E-state index contributed by atoms with van der Waals surface area (Å²) in [6, 6.07) is 14.2. The summed E-state index contributed by atoms with van der Waals surface area (Å²) in [6.07, 6.45) is 1.83. The second-order valence-electron chi connectivity index (χ2n) is 8.77. The maximum atomic E-state index is 13.7. The van der Waals surface area contributed by atoms with E-state index >= 15 is 0 Å². The Morgan fingerprint density at radius 3 is 2.41 bits per heavy atom. The fraction of sp³-hybridized carbons (Fsp3) is 0.444. The first kappa shape index (κ1) is 24.4. The number of carbonyl (C=O) groups excluding carboxylic acids is 1. The molecule has 2 aromatic carbocycles. The summed E-state index contributed by atoms with van der Waals surface area (Å²) in [4.78, 5) is 18.1. The number of aromatic nitrogens is 1. The van der Waals surface area contributed by atoms with Gasteiger partial charge in [0.15, 0.2) is 0 Å². The monoisotopic (exact) mass is 483 g/mol. The molecule has 0 spiro atoms. The van der Waals surface area contributed by atoms with Crippen molar-refractivity contribution in [3.63, 3.8) is 0 Å². The standard InChI is InChI=1S/C27H34ClN3O3/c1-20-26(24-19-23(34-3)8-9-25(24)31(20)12-5-11-28)27(32)30-16-14-29(15-17-30)13-10-21-6-4-7-22(18-21)33-2/h4,6-9,18-19H,5,10-17H2,1-3H3. The second kappa shape index (κ2) is 11.2. The molecule has 0 atom stereocenters. The van der Waals surface area contributed by atoms with Gasteiger partial charge in [0.25, 0.3) is 5.91 Å². The number of amides is 1. The van der Waals surface area contributed by atoms with Crippen LogP contribution in [0.5, 0.6) is 11.5 Å². The predicted molar refractivity (Wildman–Crippen MR) is 138 cm³/mol. The lowest BCUT2D eigenvalue weighted by molar-refractivity contribution is 0.0639. The first-order valence-electron chi connectivity index (χ1n) is 11.9. The Hall–Kier alpha value is -2.70. The lowest BCUT2D eigenvalue weighted by atomic mass is 10.1. The van der Waals surface area contributed by atoms with Crippen LogP contribution in [0.4, 0.5) is 0 Å². The number of ether oxygens (including phenoxy) is 2. The summed E-state index contributed by atoms with van der Waals surface area (Å²) in [5.41, 5.74) is 4.11. The molecule has 0 radical (unpaired) electrons. The van der Waals surface area contributed by atoms with Gasteiger partial charge in [0.2, 0.25) is 0 Å². The van der Waals surface area contributed by atoms with E-state index < -0.39 is 0 Å². The van der Waals surface area contributed by atoms with Crippen molar-refractivity contribution in [3.05, 3.63) is 59.3 Å². The molecule has 6 nitrogen and oxygen atoms in total. The van der Waals surface area contributed by atoms with Gasteiger partial charge in [-0.1, -0.05) is 12.1 Å². The van der Waals surface area contributed by atoms with E-state index in [0.717, 1.165) is 85.8 Å². The van der Waals surface area contributed by atoms with E-state index in [9.17, 15) is 4.79 Å². The smallest absolute Gasteiger partial charge is 0.256 e. The van der Waals surface area contributed by atoms with E-state index in [0.29, 0.717) is 5.88 Å². The largest absolute Gasteiger partial charge is 0.497 e. The Morgan fingerprint density at radius 2 is 1.71 bits per heavy atom. The molecule has 7 heteroatoms. The molecule has 0 unspecified atom stereocenters. The van der Waals surface area contributed by atoms with Crippen molar-refractivity contribution >= 4 is 28.4 Å². The van der Waals surface area contributed by atoms with Crippen molar-refractivity contribution in [3.8, 4) is 11.5 Å². The fourth-order valence-electron chi connectivity index (χ4n) is 4.81. The molecule has 1 aromatic heterocycles. The first-order chi connectivity index (χ1) is 16.5. The molecular weight excluding hydrogens is 450 g/mol. The number of hydrogen-bond acceptors (Lipinski definition) is 4. The number of benzene rings is 2. The lowest BCUT2D eigenvalue weighted by Crippen LogP contribution is -2.49. The highest BCUT2D eigenvalue weighted by Crippen LogP contribution is 2.31. The molecule has 1 amide bonds. The molecule has 1 aliphatic heterocycles. The van der Waals surface area contributed by atoms with E-state index in [4.69, 9.17) is 21.1 Å². The van der Waals surface area contributed by atoms with Crippen LogP contribution in [-0.4, -0.2) is 73.1 Å². The van der Waals surface area contributed by atoms with Gasteiger partial charge >= 0.3 is 0 Å². The maximum absolute atomic E-state index is 13.7. The number of rotatable bonds is 9. The molecule has 0 N–H and O–H groups in total. The van der Waals surface area contributed by atoms with Crippen molar-refractivity contribution in [2.24, 2.45) is 0 Å². The number of alkyl halides is 1. The Bertz CT molecular complexity index is 1140. The number of fused-ring (bicyclic) bond motifs is 1. The number of aryl methyl sites for hydroxylation is 1. The van der Waals surface area contributed by atoms with Gasteiger partial charge < -0.3 is 18.9 Å². The zero-order valence-electron chi connectivity index (χ0n) is 20.3. The number of methoxy groups -OCH3 is 2. The molecule has 4 rings (SSSR count). The minimum Gasteiger partial charge on any atom is -0.497 e. The van der Waals surface area contributed by atoms with E-state index in [-0.39, 0.29) is 5.91 Å². The zero-order valence-corrected chi connectivity index (χ0v) is 21.1. The third-order valence-electron chi connectivity index (χ3n) is 6.77. The Balaban J connectivity index is 1.46. The first-order valence-corrected chi connectivity index (χ1v) is 12.5. The highest BCUT2D eigenvalue weighted by molar-refractivity contribution is 6.17. The van der Waals surface area contributed by atoms with Gasteiger partial charge in [-0.2, -0.15) is 0 Å². The van der Waals surface area contributed by atoms with Crippen LogP contribution >= 0.6 is 11.6 Å². The number of carbonyl (C=O) groups is 1. The fourth-order valence-corrected chi connectivity index (χ4v) is 4.93. The number of hydrogen-bond donors (Lipinski definition) is 0. The molecule has 2 heterocycles. The van der Waals surface area contributed by atoms with Crippen LogP contribution in [-0.2, 0) is 13.0 Å². The van der Waals surface area contributed by atoms with Gasteiger partial charge in [-0.3, -0.25) is 9.69 Å². The molecule has 0 bridgehead atoms. The zero-order chi connectivity index (χ0) is 24.1. The Morgan fingerprint density at radius 1 is 0.971 bits per heavy atom. The Labute approximate surface area is 207 Å². The van der Waals surface area contributed by atoms with Crippen LogP contribution in [0.25, 0.3) is 10.9 Å². The molecule has 1 saturated heterocycles. The van der Waals surface area contributed by atoms with Crippen molar-refractivity contribution in [1.29, 1.82) is 0 Å². The van der Waals surface area contributed by atoms with Crippen LogP contribution < -0.4 is 9.47 Å². The minimum absolute atomic E-state index is 0.104. The molecule has 0 saturated carbocycles. The number of halogens is 1. The van der Waals surface area contributed by atoms with Gasteiger partial charge in [-0.05, 0) is 55.7 Å². The highest BCUT2D eigenvalue weighted by atomic mass is 35.5. The van der Waals surface area contributed by atoms with Crippen LogP contribution in [0, 0.1) is 6.92 Å². The van der Waals surface area contributed by atoms with Gasteiger partial charge in [-0.25, -0.2) is 0 Å². The van der Waals surface area contributed by atoms with Crippen molar-refractivity contribution < 1.29 is 14.3 Å². The van der Waals surface area contributed by atoms with Crippen LogP contribution in [0.2, 0.25) is 0 Å². The average molecular weight is 484 g/mol. The normalized spacial score (nSPS) is 14.5. The van der Waals surface area contributed by atoms with E-state index in [1.54, 1.807) is 14.2 Å². The molecule has 1 fully saturated rings.